The molecule has 1 aromatic carbocycles. The Morgan fingerprint density at radius 3 is 3.00 bits per heavy atom. The first kappa shape index (κ1) is 18.8. The first-order valence-corrected chi connectivity index (χ1v) is 9.03. The summed E-state index contributed by atoms with van der Waals surface area (Å²) in [5.74, 6) is 2.04. The van der Waals surface area contributed by atoms with Crippen molar-refractivity contribution in [3.8, 4) is 11.5 Å². The maximum atomic E-state index is 12.7. The van der Waals surface area contributed by atoms with E-state index in [9.17, 15) is 13.6 Å². The lowest BCUT2D eigenvalue weighted by Gasteiger charge is -2.22. The van der Waals surface area contributed by atoms with Crippen LogP contribution in [0.4, 0.5) is 8.78 Å². The van der Waals surface area contributed by atoms with Gasteiger partial charge in [0.2, 0.25) is 5.91 Å². The molecule has 2 N–H and O–H groups in total. The summed E-state index contributed by atoms with van der Waals surface area (Å²) in [7, 11) is 0. The number of hydrogen-bond donors (Lipinski definition) is 2. The van der Waals surface area contributed by atoms with Crippen molar-refractivity contribution >= 4 is 17.7 Å². The fraction of sp³-hybridized carbons (Fsp3) is 0.562. The van der Waals surface area contributed by atoms with Gasteiger partial charge < -0.3 is 20.1 Å². The highest BCUT2D eigenvalue weighted by Crippen LogP contribution is 2.32. The number of carbonyl (C=O) groups is 1. The van der Waals surface area contributed by atoms with Crippen molar-refractivity contribution < 1.29 is 23.0 Å². The van der Waals surface area contributed by atoms with Crippen LogP contribution in [0, 0.1) is 0 Å². The standard InChI is InChI=1S/C16H22F2N2O3S/c1-2-22-13-5-3-4-11(15(13)23-16(17)18)9-20-14(21)8-12-10-24-7-6-19-12/h3-5,12,16,19H,2,6-10H2,1H3,(H,20,21). The molecule has 1 amide bonds. The number of thioether (sulfide) groups is 1. The van der Waals surface area contributed by atoms with E-state index in [1.54, 1.807) is 25.1 Å². The van der Waals surface area contributed by atoms with Crippen LogP contribution in [0.15, 0.2) is 18.2 Å². The summed E-state index contributed by atoms with van der Waals surface area (Å²) in [5.41, 5.74) is 0.459. The highest BCUT2D eigenvalue weighted by Gasteiger charge is 2.19. The SMILES string of the molecule is CCOc1cccc(CNC(=O)CC2CSCCN2)c1OC(F)F. The minimum absolute atomic E-state index is 0.0269. The van der Waals surface area contributed by atoms with Crippen LogP contribution in [-0.2, 0) is 11.3 Å². The third-order valence-corrected chi connectivity index (χ3v) is 4.60. The smallest absolute Gasteiger partial charge is 0.387 e. The molecule has 0 aliphatic carbocycles. The molecule has 0 bridgehead atoms. The number of halogens is 2. The molecule has 0 spiro atoms. The van der Waals surface area contributed by atoms with Crippen LogP contribution in [0.25, 0.3) is 0 Å². The number of alkyl halides is 2. The second-order valence-electron chi connectivity index (χ2n) is 5.26. The van der Waals surface area contributed by atoms with Gasteiger partial charge in [-0.05, 0) is 13.0 Å². The van der Waals surface area contributed by atoms with E-state index in [1.165, 1.54) is 0 Å². The number of rotatable bonds is 8. The van der Waals surface area contributed by atoms with E-state index in [0.29, 0.717) is 18.6 Å². The van der Waals surface area contributed by atoms with Gasteiger partial charge >= 0.3 is 6.61 Å². The third-order valence-electron chi connectivity index (χ3n) is 3.47. The van der Waals surface area contributed by atoms with Crippen LogP contribution in [-0.4, -0.2) is 43.2 Å². The topological polar surface area (TPSA) is 59.6 Å². The van der Waals surface area contributed by atoms with Crippen molar-refractivity contribution in [2.24, 2.45) is 0 Å². The molecule has 2 rings (SSSR count). The first-order chi connectivity index (χ1) is 11.6. The van der Waals surface area contributed by atoms with Crippen molar-refractivity contribution in [1.29, 1.82) is 0 Å². The largest absolute Gasteiger partial charge is 0.490 e. The first-order valence-electron chi connectivity index (χ1n) is 7.87. The van der Waals surface area contributed by atoms with Gasteiger partial charge in [-0.3, -0.25) is 4.79 Å². The molecule has 1 atom stereocenters. The summed E-state index contributed by atoms with van der Waals surface area (Å²) in [6, 6.07) is 5.03. The zero-order chi connectivity index (χ0) is 17.4. The number of para-hydroxylation sites is 1. The van der Waals surface area contributed by atoms with Crippen LogP contribution in [0.5, 0.6) is 11.5 Å². The van der Waals surface area contributed by atoms with Gasteiger partial charge in [0.1, 0.15) is 0 Å². The van der Waals surface area contributed by atoms with Gasteiger partial charge in [0.15, 0.2) is 11.5 Å². The predicted molar refractivity (Wildman–Crippen MR) is 89.8 cm³/mol. The lowest BCUT2D eigenvalue weighted by atomic mass is 10.1. The lowest BCUT2D eigenvalue weighted by molar-refractivity contribution is -0.121. The van der Waals surface area contributed by atoms with E-state index in [4.69, 9.17) is 4.74 Å². The minimum Gasteiger partial charge on any atom is -0.490 e. The average molecular weight is 360 g/mol. The van der Waals surface area contributed by atoms with E-state index < -0.39 is 6.61 Å². The summed E-state index contributed by atoms with van der Waals surface area (Å²) in [5, 5.41) is 6.05. The van der Waals surface area contributed by atoms with Gasteiger partial charge in [0, 0.05) is 42.6 Å². The van der Waals surface area contributed by atoms with Crippen LogP contribution in [0.1, 0.15) is 18.9 Å². The van der Waals surface area contributed by atoms with Gasteiger partial charge in [0.05, 0.1) is 6.61 Å². The van der Waals surface area contributed by atoms with Crippen molar-refractivity contribution in [3.05, 3.63) is 23.8 Å². The van der Waals surface area contributed by atoms with Crippen molar-refractivity contribution in [1.82, 2.24) is 10.6 Å². The van der Waals surface area contributed by atoms with E-state index in [2.05, 4.69) is 15.4 Å². The lowest BCUT2D eigenvalue weighted by Crippen LogP contribution is -2.41. The molecule has 1 aliphatic heterocycles. The Hall–Kier alpha value is -1.54. The maximum Gasteiger partial charge on any atom is 0.387 e. The zero-order valence-corrected chi connectivity index (χ0v) is 14.3. The summed E-state index contributed by atoms with van der Waals surface area (Å²) in [4.78, 5) is 12.0. The minimum atomic E-state index is -2.95. The van der Waals surface area contributed by atoms with Crippen LogP contribution in [0.3, 0.4) is 0 Å². The quantitative estimate of drug-likeness (QED) is 0.746. The zero-order valence-electron chi connectivity index (χ0n) is 13.5. The van der Waals surface area contributed by atoms with Gasteiger partial charge in [-0.2, -0.15) is 20.5 Å². The fourth-order valence-corrected chi connectivity index (χ4v) is 3.38. The Morgan fingerprint density at radius 1 is 1.50 bits per heavy atom. The summed E-state index contributed by atoms with van der Waals surface area (Å²) in [6.45, 7) is 0.146. The molecule has 0 radical (unpaired) electrons. The summed E-state index contributed by atoms with van der Waals surface area (Å²) in [6.07, 6.45) is 0.364. The molecule has 1 fully saturated rings. The van der Waals surface area contributed by atoms with E-state index in [0.717, 1.165) is 18.1 Å². The molecule has 24 heavy (non-hydrogen) atoms. The average Bonchev–Trinajstić information content (AvgIpc) is 2.56. The van der Waals surface area contributed by atoms with Gasteiger partial charge in [-0.1, -0.05) is 12.1 Å². The molecule has 5 nitrogen and oxygen atoms in total. The monoisotopic (exact) mass is 360 g/mol. The van der Waals surface area contributed by atoms with Crippen molar-refractivity contribution in [3.63, 3.8) is 0 Å². The fourth-order valence-electron chi connectivity index (χ4n) is 2.43. The van der Waals surface area contributed by atoms with E-state index >= 15 is 0 Å². The molecule has 1 heterocycles. The summed E-state index contributed by atoms with van der Waals surface area (Å²) >= 11 is 1.81. The van der Waals surface area contributed by atoms with Crippen LogP contribution >= 0.6 is 11.8 Å². The Balaban J connectivity index is 1.97. The second-order valence-corrected chi connectivity index (χ2v) is 6.41. The highest BCUT2D eigenvalue weighted by molar-refractivity contribution is 7.99. The summed E-state index contributed by atoms with van der Waals surface area (Å²) < 4.78 is 35.2. The van der Waals surface area contributed by atoms with E-state index in [1.807, 2.05) is 11.8 Å². The van der Waals surface area contributed by atoms with Crippen molar-refractivity contribution in [2.45, 2.75) is 32.5 Å². The Labute approximate surface area is 144 Å². The number of benzene rings is 1. The Bertz CT molecular complexity index is 540. The molecule has 1 aliphatic rings. The number of hydrogen-bond acceptors (Lipinski definition) is 5. The Morgan fingerprint density at radius 2 is 2.33 bits per heavy atom. The molecule has 8 heteroatoms. The maximum absolute atomic E-state index is 12.7. The highest BCUT2D eigenvalue weighted by atomic mass is 32.2. The van der Waals surface area contributed by atoms with Crippen LogP contribution in [0.2, 0.25) is 0 Å². The van der Waals surface area contributed by atoms with Gasteiger partial charge in [-0.25, -0.2) is 0 Å². The molecular weight excluding hydrogens is 338 g/mol. The van der Waals surface area contributed by atoms with Gasteiger partial charge in [-0.15, -0.1) is 0 Å². The molecule has 0 saturated carbocycles. The number of nitrogens with one attached hydrogen (secondary N) is 2. The molecule has 1 unspecified atom stereocenters. The Kier molecular flexibility index (Phi) is 7.58. The molecule has 1 aromatic rings. The second kappa shape index (κ2) is 9.68. The van der Waals surface area contributed by atoms with E-state index in [-0.39, 0.29) is 30.0 Å². The van der Waals surface area contributed by atoms with Gasteiger partial charge in [0.25, 0.3) is 0 Å². The molecule has 1 saturated heterocycles. The predicted octanol–water partition coefficient (Wildman–Crippen LogP) is 2.40. The molecular formula is C16H22F2N2O3S. The third kappa shape index (κ3) is 5.83. The van der Waals surface area contributed by atoms with Crippen LogP contribution < -0.4 is 20.1 Å². The van der Waals surface area contributed by atoms with Crippen molar-refractivity contribution in [2.75, 3.05) is 24.7 Å². The molecule has 0 aromatic heterocycles. The molecule has 134 valence electrons. The number of amides is 1. The number of ether oxygens (including phenoxy) is 2. The number of carbonyl (C=O) groups excluding carboxylic acids is 1. The normalized spacial score (nSPS) is 17.6.